The average molecular weight is 187 g/mol. The number of fused-ring (bicyclic) bond motifs is 1. The molecule has 1 aromatic carbocycles. The second-order valence-electron chi connectivity index (χ2n) is 3.57. The molecule has 14 heavy (non-hydrogen) atoms. The molecule has 2 heteroatoms. The zero-order chi connectivity index (χ0) is 9.97. The van der Waals surface area contributed by atoms with Crippen LogP contribution in [-0.2, 0) is 11.2 Å². The van der Waals surface area contributed by atoms with E-state index in [-0.39, 0.29) is 0 Å². The molecule has 0 atom stereocenters. The molecule has 1 N–H and O–H groups in total. The fraction of sp³-hybridized carbons (Fsp3) is 0.250. The molecule has 1 aromatic heterocycles. The molecule has 0 bridgehead atoms. The van der Waals surface area contributed by atoms with Crippen LogP contribution in [0, 0.1) is 6.92 Å². The van der Waals surface area contributed by atoms with Crippen molar-refractivity contribution < 1.29 is 4.79 Å². The SMILES string of the molecule is Cc1ccc2[nH]cc(CCC=O)c2c1. The number of hydrogen-bond acceptors (Lipinski definition) is 1. The lowest BCUT2D eigenvalue weighted by molar-refractivity contribution is -0.107. The largest absolute Gasteiger partial charge is 0.361 e. The Hall–Kier alpha value is -1.57. The van der Waals surface area contributed by atoms with Crippen molar-refractivity contribution in [3.8, 4) is 0 Å². The third-order valence-corrected chi connectivity index (χ3v) is 2.45. The van der Waals surface area contributed by atoms with Gasteiger partial charge in [0.15, 0.2) is 0 Å². The fourth-order valence-corrected chi connectivity index (χ4v) is 1.71. The molecule has 2 rings (SSSR count). The van der Waals surface area contributed by atoms with Gasteiger partial charge in [0.25, 0.3) is 0 Å². The van der Waals surface area contributed by atoms with Crippen molar-refractivity contribution in [2.75, 3.05) is 0 Å². The summed E-state index contributed by atoms with van der Waals surface area (Å²) in [5.41, 5.74) is 3.64. The van der Waals surface area contributed by atoms with E-state index >= 15 is 0 Å². The molecular formula is C12H13NO. The minimum atomic E-state index is 0.598. The monoisotopic (exact) mass is 187 g/mol. The topological polar surface area (TPSA) is 32.9 Å². The van der Waals surface area contributed by atoms with Crippen LogP contribution in [0.3, 0.4) is 0 Å². The zero-order valence-electron chi connectivity index (χ0n) is 8.21. The molecular weight excluding hydrogens is 174 g/mol. The summed E-state index contributed by atoms with van der Waals surface area (Å²) in [4.78, 5) is 13.5. The summed E-state index contributed by atoms with van der Waals surface area (Å²) < 4.78 is 0. The number of hydrogen-bond donors (Lipinski definition) is 1. The van der Waals surface area contributed by atoms with Crippen LogP contribution < -0.4 is 0 Å². The lowest BCUT2D eigenvalue weighted by atomic mass is 10.1. The van der Waals surface area contributed by atoms with Crippen LogP contribution >= 0.6 is 0 Å². The first-order valence-electron chi connectivity index (χ1n) is 4.81. The molecule has 0 fully saturated rings. The minimum absolute atomic E-state index is 0.598. The number of carbonyl (C=O) groups excluding carboxylic acids is 1. The van der Waals surface area contributed by atoms with Gasteiger partial charge in [0, 0.05) is 23.5 Å². The number of carbonyl (C=O) groups is 1. The molecule has 0 unspecified atom stereocenters. The maximum absolute atomic E-state index is 10.3. The van der Waals surface area contributed by atoms with E-state index in [9.17, 15) is 4.79 Å². The van der Waals surface area contributed by atoms with E-state index < -0.39 is 0 Å². The van der Waals surface area contributed by atoms with Gasteiger partial charge in [-0.05, 0) is 31.0 Å². The first-order valence-corrected chi connectivity index (χ1v) is 4.81. The van der Waals surface area contributed by atoms with Gasteiger partial charge in [-0.25, -0.2) is 0 Å². The second-order valence-corrected chi connectivity index (χ2v) is 3.57. The van der Waals surface area contributed by atoms with Gasteiger partial charge in [-0.15, -0.1) is 0 Å². The Morgan fingerprint density at radius 3 is 3.07 bits per heavy atom. The highest BCUT2D eigenvalue weighted by Gasteiger charge is 2.02. The summed E-state index contributed by atoms with van der Waals surface area (Å²) in [6, 6.07) is 6.32. The molecule has 0 amide bonds. The van der Waals surface area contributed by atoms with E-state index in [4.69, 9.17) is 0 Å². The molecule has 0 radical (unpaired) electrons. The number of aryl methyl sites for hydroxylation is 2. The van der Waals surface area contributed by atoms with Crippen LogP contribution in [0.2, 0.25) is 0 Å². The minimum Gasteiger partial charge on any atom is -0.361 e. The smallest absolute Gasteiger partial charge is 0.120 e. The van der Waals surface area contributed by atoms with Gasteiger partial charge in [0.05, 0.1) is 0 Å². The number of nitrogens with one attached hydrogen (secondary N) is 1. The van der Waals surface area contributed by atoms with Gasteiger partial charge in [0.1, 0.15) is 6.29 Å². The summed E-state index contributed by atoms with van der Waals surface area (Å²) >= 11 is 0. The highest BCUT2D eigenvalue weighted by molar-refractivity contribution is 5.84. The van der Waals surface area contributed by atoms with Crippen LogP contribution in [0.4, 0.5) is 0 Å². The molecule has 0 spiro atoms. The van der Waals surface area contributed by atoms with Crippen LogP contribution in [0.1, 0.15) is 17.5 Å². The summed E-state index contributed by atoms with van der Waals surface area (Å²) in [6.07, 6.45) is 4.39. The number of aromatic amines is 1. The Morgan fingerprint density at radius 2 is 2.29 bits per heavy atom. The van der Waals surface area contributed by atoms with Crippen LogP contribution in [-0.4, -0.2) is 11.3 Å². The van der Waals surface area contributed by atoms with Crippen LogP contribution in [0.25, 0.3) is 10.9 Å². The Morgan fingerprint density at radius 1 is 1.43 bits per heavy atom. The van der Waals surface area contributed by atoms with Gasteiger partial charge in [-0.2, -0.15) is 0 Å². The predicted octanol–water partition coefficient (Wildman–Crippen LogP) is 2.61. The summed E-state index contributed by atoms with van der Waals surface area (Å²) in [5, 5.41) is 1.24. The highest BCUT2D eigenvalue weighted by Crippen LogP contribution is 2.20. The first-order chi connectivity index (χ1) is 6.81. The van der Waals surface area contributed by atoms with Crippen molar-refractivity contribution in [1.29, 1.82) is 0 Å². The third kappa shape index (κ3) is 1.55. The lowest BCUT2D eigenvalue weighted by Gasteiger charge is -1.96. The molecule has 0 aliphatic carbocycles. The molecule has 2 nitrogen and oxygen atoms in total. The van der Waals surface area contributed by atoms with Crippen molar-refractivity contribution in [3.05, 3.63) is 35.5 Å². The Kier molecular flexibility index (Phi) is 2.35. The van der Waals surface area contributed by atoms with Crippen LogP contribution in [0.15, 0.2) is 24.4 Å². The van der Waals surface area contributed by atoms with Gasteiger partial charge in [-0.1, -0.05) is 11.6 Å². The number of H-pyrrole nitrogens is 1. The van der Waals surface area contributed by atoms with Gasteiger partial charge in [0.2, 0.25) is 0 Å². The van der Waals surface area contributed by atoms with Gasteiger partial charge < -0.3 is 9.78 Å². The normalized spacial score (nSPS) is 10.6. The van der Waals surface area contributed by atoms with Crippen molar-refractivity contribution in [2.45, 2.75) is 19.8 Å². The zero-order valence-corrected chi connectivity index (χ0v) is 8.21. The van der Waals surface area contributed by atoms with Crippen LogP contribution in [0.5, 0.6) is 0 Å². The molecule has 0 aliphatic rings. The van der Waals surface area contributed by atoms with Crippen molar-refractivity contribution in [3.63, 3.8) is 0 Å². The molecule has 72 valence electrons. The molecule has 2 aromatic rings. The standard InChI is InChI=1S/C12H13NO/c1-9-4-5-12-11(7-9)10(8-13-12)3-2-6-14/h4-8,13H,2-3H2,1H3. The second kappa shape index (κ2) is 3.66. The van der Waals surface area contributed by atoms with Crippen molar-refractivity contribution >= 4 is 17.2 Å². The number of aldehydes is 1. The van der Waals surface area contributed by atoms with E-state index in [2.05, 4.69) is 30.1 Å². The molecule has 1 heterocycles. The maximum atomic E-state index is 10.3. The van der Waals surface area contributed by atoms with Gasteiger partial charge in [-0.3, -0.25) is 0 Å². The molecule has 0 saturated heterocycles. The van der Waals surface area contributed by atoms with Crippen molar-refractivity contribution in [1.82, 2.24) is 4.98 Å². The average Bonchev–Trinajstić information content (AvgIpc) is 2.57. The number of rotatable bonds is 3. The number of benzene rings is 1. The third-order valence-electron chi connectivity index (χ3n) is 2.45. The predicted molar refractivity (Wildman–Crippen MR) is 57.4 cm³/mol. The van der Waals surface area contributed by atoms with E-state index in [1.165, 1.54) is 16.5 Å². The Labute approximate surface area is 82.9 Å². The quantitative estimate of drug-likeness (QED) is 0.736. The van der Waals surface area contributed by atoms with E-state index in [1.54, 1.807) is 0 Å². The van der Waals surface area contributed by atoms with Crippen molar-refractivity contribution in [2.24, 2.45) is 0 Å². The highest BCUT2D eigenvalue weighted by atomic mass is 16.1. The van der Waals surface area contributed by atoms with E-state index in [1.807, 2.05) is 6.20 Å². The van der Waals surface area contributed by atoms with Gasteiger partial charge >= 0.3 is 0 Å². The first kappa shape index (κ1) is 9.00. The van der Waals surface area contributed by atoms with E-state index in [0.717, 1.165) is 18.2 Å². The Bertz CT molecular complexity index is 456. The summed E-state index contributed by atoms with van der Waals surface area (Å²) in [7, 11) is 0. The summed E-state index contributed by atoms with van der Waals surface area (Å²) in [5.74, 6) is 0. The van der Waals surface area contributed by atoms with E-state index in [0.29, 0.717) is 6.42 Å². The maximum Gasteiger partial charge on any atom is 0.120 e. The fourth-order valence-electron chi connectivity index (χ4n) is 1.71. The molecule has 0 aliphatic heterocycles. The number of aromatic nitrogens is 1. The summed E-state index contributed by atoms with van der Waals surface area (Å²) in [6.45, 7) is 2.08. The lowest BCUT2D eigenvalue weighted by Crippen LogP contribution is -1.83. The Balaban J connectivity index is 2.44. The molecule has 0 saturated carbocycles.